The van der Waals surface area contributed by atoms with E-state index in [-0.39, 0.29) is 18.1 Å². The summed E-state index contributed by atoms with van der Waals surface area (Å²) in [7, 11) is 0. The first-order chi connectivity index (χ1) is 10.5. The van der Waals surface area contributed by atoms with E-state index >= 15 is 0 Å². The molecule has 0 heterocycles. The Kier molecular flexibility index (Phi) is 3.08. The average molecular weight is 320 g/mol. The Morgan fingerprint density at radius 2 is 1.70 bits per heavy atom. The van der Waals surface area contributed by atoms with Gasteiger partial charge < -0.3 is 10.2 Å². The van der Waals surface area contributed by atoms with E-state index in [2.05, 4.69) is 13.8 Å². The van der Waals surface area contributed by atoms with Crippen molar-refractivity contribution in [3.63, 3.8) is 0 Å². The van der Waals surface area contributed by atoms with Crippen molar-refractivity contribution < 1.29 is 15.0 Å². The van der Waals surface area contributed by atoms with E-state index in [0.717, 1.165) is 24.7 Å². The van der Waals surface area contributed by atoms with Gasteiger partial charge in [-0.15, -0.1) is 0 Å². The van der Waals surface area contributed by atoms with Crippen LogP contribution >= 0.6 is 0 Å². The Morgan fingerprint density at radius 1 is 1.00 bits per heavy atom. The van der Waals surface area contributed by atoms with Gasteiger partial charge in [-0.1, -0.05) is 27.7 Å². The molecule has 4 fully saturated rings. The minimum atomic E-state index is -1.85. The van der Waals surface area contributed by atoms with Gasteiger partial charge in [-0.05, 0) is 67.6 Å². The van der Waals surface area contributed by atoms with Crippen molar-refractivity contribution in [1.29, 1.82) is 0 Å². The maximum Gasteiger partial charge on any atom is 0.175 e. The van der Waals surface area contributed by atoms with E-state index in [1.807, 2.05) is 13.8 Å². The van der Waals surface area contributed by atoms with Gasteiger partial charge in [0.05, 0.1) is 6.42 Å². The number of ketones is 1. The summed E-state index contributed by atoms with van der Waals surface area (Å²) < 4.78 is 0. The summed E-state index contributed by atoms with van der Waals surface area (Å²) in [5.41, 5.74) is -0.704. The summed E-state index contributed by atoms with van der Waals surface area (Å²) in [6.07, 6.45) is 6.88. The third-order valence-electron chi connectivity index (χ3n) is 9.01. The molecule has 0 aromatic rings. The molecule has 23 heavy (non-hydrogen) atoms. The fourth-order valence-electron chi connectivity index (χ4n) is 7.77. The average Bonchev–Trinajstić information content (AvgIpc) is 2.67. The fourth-order valence-corrected chi connectivity index (χ4v) is 7.77. The molecule has 4 rings (SSSR count). The Balaban J connectivity index is 1.83. The molecule has 0 aliphatic heterocycles. The maximum absolute atomic E-state index is 12.6. The second kappa shape index (κ2) is 4.40. The molecule has 130 valence electrons. The van der Waals surface area contributed by atoms with Crippen molar-refractivity contribution >= 4 is 5.78 Å². The quantitative estimate of drug-likeness (QED) is 0.671. The molecule has 0 aromatic heterocycles. The summed E-state index contributed by atoms with van der Waals surface area (Å²) in [5, 5.41) is 22.0. The van der Waals surface area contributed by atoms with Crippen LogP contribution in [0.1, 0.15) is 72.6 Å². The van der Waals surface area contributed by atoms with Crippen LogP contribution < -0.4 is 0 Å². The lowest BCUT2D eigenvalue weighted by atomic mass is 9.39. The monoisotopic (exact) mass is 320 g/mol. The summed E-state index contributed by atoms with van der Waals surface area (Å²) in [5.74, 6) is 0.198. The first-order valence-corrected chi connectivity index (χ1v) is 9.53. The standard InChI is InChI=1S/C20H32O3/c1-12-9-19-8-7-14-17(2,3)16(21)11-20(22,23)18(14,4)15(19)6-5-13(12)10-19/h12-15,22-23H,5-11H2,1-4H3/t12-,13+,14+,15+,18-,19+/m1/s1. The van der Waals surface area contributed by atoms with Crippen molar-refractivity contribution in [3.8, 4) is 0 Å². The Labute approximate surface area is 139 Å². The van der Waals surface area contributed by atoms with Crippen LogP contribution in [0.25, 0.3) is 0 Å². The van der Waals surface area contributed by atoms with Crippen LogP contribution in [0, 0.1) is 39.9 Å². The molecule has 0 radical (unpaired) electrons. The Bertz CT molecular complexity index is 547. The van der Waals surface area contributed by atoms with Gasteiger partial charge in [0.15, 0.2) is 5.79 Å². The zero-order chi connectivity index (χ0) is 16.8. The van der Waals surface area contributed by atoms with E-state index in [1.54, 1.807) is 0 Å². The summed E-state index contributed by atoms with van der Waals surface area (Å²) in [6.45, 7) is 8.55. The number of Topliss-reactive ketones (excluding diaryl/α,β-unsaturated/α-hetero) is 1. The largest absolute Gasteiger partial charge is 0.365 e. The molecular weight excluding hydrogens is 288 g/mol. The fraction of sp³-hybridized carbons (Fsp3) is 0.950. The molecule has 4 saturated carbocycles. The smallest absolute Gasteiger partial charge is 0.175 e. The van der Waals surface area contributed by atoms with Gasteiger partial charge in [-0.2, -0.15) is 0 Å². The number of carbonyl (C=O) groups is 1. The van der Waals surface area contributed by atoms with E-state index < -0.39 is 16.6 Å². The van der Waals surface area contributed by atoms with Crippen molar-refractivity contribution in [1.82, 2.24) is 0 Å². The Morgan fingerprint density at radius 3 is 2.39 bits per heavy atom. The lowest BCUT2D eigenvalue weighted by Gasteiger charge is -2.66. The van der Waals surface area contributed by atoms with Crippen molar-refractivity contribution in [2.75, 3.05) is 0 Å². The minimum Gasteiger partial charge on any atom is -0.365 e. The predicted octanol–water partition coefficient (Wildman–Crippen LogP) is 3.53. The molecule has 0 aromatic carbocycles. The van der Waals surface area contributed by atoms with Gasteiger partial charge in [0.1, 0.15) is 5.78 Å². The van der Waals surface area contributed by atoms with Gasteiger partial charge in [0.2, 0.25) is 0 Å². The third kappa shape index (κ3) is 1.76. The molecule has 4 aliphatic carbocycles. The lowest BCUT2D eigenvalue weighted by Crippen LogP contribution is -2.69. The topological polar surface area (TPSA) is 57.5 Å². The molecule has 0 saturated heterocycles. The highest BCUT2D eigenvalue weighted by Crippen LogP contribution is 2.73. The molecule has 0 amide bonds. The highest BCUT2D eigenvalue weighted by molar-refractivity contribution is 5.86. The number of hydrogen-bond donors (Lipinski definition) is 2. The second-order valence-electron chi connectivity index (χ2n) is 10.2. The summed E-state index contributed by atoms with van der Waals surface area (Å²) in [4.78, 5) is 12.6. The number of fused-ring (bicyclic) bond motifs is 3. The van der Waals surface area contributed by atoms with Crippen molar-refractivity contribution in [2.24, 2.45) is 39.9 Å². The molecule has 2 N–H and O–H groups in total. The van der Waals surface area contributed by atoms with Crippen LogP contribution in [0.5, 0.6) is 0 Å². The first kappa shape index (κ1) is 16.1. The van der Waals surface area contributed by atoms with E-state index in [4.69, 9.17) is 0 Å². The van der Waals surface area contributed by atoms with Crippen LogP contribution in [0.15, 0.2) is 0 Å². The zero-order valence-corrected chi connectivity index (χ0v) is 15.1. The van der Waals surface area contributed by atoms with E-state index in [0.29, 0.717) is 11.3 Å². The molecule has 3 heteroatoms. The normalized spacial score (nSPS) is 53.6. The van der Waals surface area contributed by atoms with Crippen molar-refractivity contribution in [2.45, 2.75) is 78.4 Å². The van der Waals surface area contributed by atoms with Crippen molar-refractivity contribution in [3.05, 3.63) is 0 Å². The Hall–Kier alpha value is -0.410. The number of carbonyl (C=O) groups excluding carboxylic acids is 1. The lowest BCUT2D eigenvalue weighted by molar-refractivity contribution is -0.322. The summed E-state index contributed by atoms with van der Waals surface area (Å²) in [6, 6.07) is 0. The van der Waals surface area contributed by atoms with Crippen LogP contribution in [-0.2, 0) is 4.79 Å². The molecule has 3 nitrogen and oxygen atoms in total. The van der Waals surface area contributed by atoms with Gasteiger partial charge in [-0.3, -0.25) is 4.79 Å². The molecular formula is C20H32O3. The first-order valence-electron chi connectivity index (χ1n) is 9.53. The molecule has 2 bridgehead atoms. The number of rotatable bonds is 0. The minimum absolute atomic E-state index is 0.0226. The van der Waals surface area contributed by atoms with Gasteiger partial charge >= 0.3 is 0 Å². The zero-order valence-electron chi connectivity index (χ0n) is 15.1. The third-order valence-corrected chi connectivity index (χ3v) is 9.01. The maximum atomic E-state index is 12.6. The predicted molar refractivity (Wildman–Crippen MR) is 88.4 cm³/mol. The number of hydrogen-bond acceptors (Lipinski definition) is 3. The highest BCUT2D eigenvalue weighted by atomic mass is 16.5. The van der Waals surface area contributed by atoms with Crippen LogP contribution in [0.2, 0.25) is 0 Å². The van der Waals surface area contributed by atoms with Gasteiger partial charge in [0, 0.05) is 10.8 Å². The highest BCUT2D eigenvalue weighted by Gasteiger charge is 2.71. The molecule has 4 aliphatic rings. The van der Waals surface area contributed by atoms with Gasteiger partial charge in [0.25, 0.3) is 0 Å². The van der Waals surface area contributed by atoms with E-state index in [9.17, 15) is 15.0 Å². The number of aliphatic hydroxyl groups is 2. The second-order valence-corrected chi connectivity index (χ2v) is 10.2. The molecule has 6 atom stereocenters. The van der Waals surface area contributed by atoms with Gasteiger partial charge in [-0.25, -0.2) is 0 Å². The van der Waals surface area contributed by atoms with Crippen LogP contribution in [0.4, 0.5) is 0 Å². The summed E-state index contributed by atoms with van der Waals surface area (Å²) >= 11 is 0. The molecule has 0 unspecified atom stereocenters. The van der Waals surface area contributed by atoms with Crippen LogP contribution in [0.3, 0.4) is 0 Å². The van der Waals surface area contributed by atoms with Crippen LogP contribution in [-0.4, -0.2) is 21.8 Å². The SMILES string of the molecule is C[C@@H]1C[C@]23CC[C@H]4C(C)(C)C(=O)CC(O)(O)[C@@]4(C)[C@@H]2CC[C@H]1C3. The molecule has 1 spiro atoms. The van der Waals surface area contributed by atoms with E-state index in [1.165, 1.54) is 25.7 Å².